The molecule has 4 saturated carbocycles. The molecule has 0 aliphatic heterocycles. The third kappa shape index (κ3) is 3.51. The van der Waals surface area contributed by atoms with E-state index >= 15 is 0 Å². The van der Waals surface area contributed by atoms with Crippen LogP contribution in [0.3, 0.4) is 0 Å². The Morgan fingerprint density at radius 3 is 2.19 bits per heavy atom. The Kier molecular flexibility index (Phi) is 4.76. The summed E-state index contributed by atoms with van der Waals surface area (Å²) in [4.78, 5) is 27.0. The Bertz CT molecular complexity index is 635. The number of hydrogen-bond donors (Lipinski definition) is 1. The Morgan fingerprint density at radius 2 is 1.62 bits per heavy atom. The van der Waals surface area contributed by atoms with Gasteiger partial charge in [0.25, 0.3) is 0 Å². The molecule has 4 heteroatoms. The molecule has 4 aliphatic rings. The molecule has 1 N–H and O–H groups in total. The van der Waals surface area contributed by atoms with Crippen molar-refractivity contribution in [2.45, 2.75) is 51.5 Å². The van der Waals surface area contributed by atoms with E-state index < -0.39 is 0 Å². The molecule has 0 saturated heterocycles. The first-order chi connectivity index (χ1) is 12.5. The van der Waals surface area contributed by atoms with Gasteiger partial charge in [-0.3, -0.25) is 9.59 Å². The van der Waals surface area contributed by atoms with Crippen LogP contribution in [0.25, 0.3) is 0 Å². The largest absolute Gasteiger partial charge is 0.355 e. The van der Waals surface area contributed by atoms with E-state index in [9.17, 15) is 9.59 Å². The lowest BCUT2D eigenvalue weighted by Crippen LogP contribution is -2.53. The van der Waals surface area contributed by atoms with Gasteiger partial charge < -0.3 is 10.2 Å². The minimum atomic E-state index is -0.117. The van der Waals surface area contributed by atoms with Crippen LogP contribution in [0.15, 0.2) is 30.3 Å². The van der Waals surface area contributed by atoms with Crippen LogP contribution >= 0.6 is 0 Å². The van der Waals surface area contributed by atoms with Gasteiger partial charge >= 0.3 is 0 Å². The lowest BCUT2D eigenvalue weighted by Gasteiger charge is -2.55. The maximum atomic E-state index is 12.9. The van der Waals surface area contributed by atoms with Gasteiger partial charge in [-0.1, -0.05) is 30.3 Å². The molecule has 0 aromatic heterocycles. The van der Waals surface area contributed by atoms with E-state index in [2.05, 4.69) is 5.32 Å². The first-order valence-corrected chi connectivity index (χ1v) is 10.1. The number of rotatable bonds is 6. The molecule has 4 nitrogen and oxygen atoms in total. The van der Waals surface area contributed by atoms with E-state index in [1.807, 2.05) is 37.4 Å². The van der Waals surface area contributed by atoms with Gasteiger partial charge in [0.1, 0.15) is 0 Å². The summed E-state index contributed by atoms with van der Waals surface area (Å²) in [6.45, 7) is 1.07. The highest BCUT2D eigenvalue weighted by molar-refractivity contribution is 5.84. The van der Waals surface area contributed by atoms with Crippen LogP contribution in [0, 0.1) is 23.2 Å². The molecule has 4 aliphatic carbocycles. The molecule has 1 aromatic rings. The van der Waals surface area contributed by atoms with Crippen LogP contribution in [0.5, 0.6) is 0 Å². The summed E-state index contributed by atoms with van der Waals surface area (Å²) in [6, 6.07) is 10.0. The van der Waals surface area contributed by atoms with Crippen molar-refractivity contribution in [3.63, 3.8) is 0 Å². The predicted molar refractivity (Wildman–Crippen MR) is 101 cm³/mol. The zero-order valence-corrected chi connectivity index (χ0v) is 15.7. The monoisotopic (exact) mass is 354 g/mol. The summed E-state index contributed by atoms with van der Waals surface area (Å²) in [5.74, 6) is 2.61. The molecule has 4 fully saturated rings. The van der Waals surface area contributed by atoms with Crippen LogP contribution in [0.1, 0.15) is 50.5 Å². The van der Waals surface area contributed by atoms with Crippen molar-refractivity contribution in [2.75, 3.05) is 13.6 Å². The van der Waals surface area contributed by atoms with E-state index in [1.54, 1.807) is 4.90 Å². The second-order valence-corrected chi connectivity index (χ2v) is 8.94. The number of carbonyl (C=O) groups is 2. The fourth-order valence-electron chi connectivity index (χ4n) is 6.00. The van der Waals surface area contributed by atoms with Crippen molar-refractivity contribution in [2.24, 2.45) is 23.2 Å². The van der Waals surface area contributed by atoms with Crippen molar-refractivity contribution in [1.29, 1.82) is 0 Å². The fraction of sp³-hybridized carbons (Fsp3) is 0.636. The lowest BCUT2D eigenvalue weighted by atomic mass is 9.49. The number of benzene rings is 1. The summed E-state index contributed by atoms with van der Waals surface area (Å²) in [5, 5.41) is 3.10. The second-order valence-electron chi connectivity index (χ2n) is 8.94. The fourth-order valence-corrected chi connectivity index (χ4v) is 6.00. The highest BCUT2D eigenvalue weighted by Gasteiger charge is 2.54. The number of carbonyl (C=O) groups excluding carboxylic acids is 2. The van der Waals surface area contributed by atoms with E-state index in [-0.39, 0.29) is 17.2 Å². The number of nitrogens with one attached hydrogen (secondary N) is 1. The predicted octanol–water partition coefficient (Wildman–Crippen LogP) is 3.37. The molecule has 0 spiro atoms. The molecule has 5 rings (SSSR count). The maximum absolute atomic E-state index is 12.9. The van der Waals surface area contributed by atoms with Gasteiger partial charge in [0, 0.05) is 32.0 Å². The molecule has 0 atom stereocenters. The molecule has 4 bridgehead atoms. The Labute approximate surface area is 156 Å². The van der Waals surface area contributed by atoms with Gasteiger partial charge in [-0.2, -0.15) is 0 Å². The number of hydrogen-bond acceptors (Lipinski definition) is 2. The zero-order valence-electron chi connectivity index (χ0n) is 15.7. The van der Waals surface area contributed by atoms with Gasteiger partial charge in [-0.25, -0.2) is 0 Å². The molecular weight excluding hydrogens is 324 g/mol. The van der Waals surface area contributed by atoms with Gasteiger partial charge in [0.15, 0.2) is 0 Å². The first-order valence-electron chi connectivity index (χ1n) is 10.1. The summed E-state index contributed by atoms with van der Waals surface area (Å²) < 4.78 is 0. The summed E-state index contributed by atoms with van der Waals surface area (Å²) >= 11 is 0. The summed E-state index contributed by atoms with van der Waals surface area (Å²) in [7, 11) is 1.83. The maximum Gasteiger partial charge on any atom is 0.226 e. The van der Waals surface area contributed by atoms with Gasteiger partial charge in [-0.15, -0.1) is 0 Å². The molecule has 0 radical (unpaired) electrons. The minimum absolute atomic E-state index is 0.0830. The van der Waals surface area contributed by atoms with E-state index in [1.165, 1.54) is 19.3 Å². The van der Waals surface area contributed by atoms with Crippen LogP contribution in [0.4, 0.5) is 0 Å². The van der Waals surface area contributed by atoms with Crippen molar-refractivity contribution < 1.29 is 9.59 Å². The molecule has 26 heavy (non-hydrogen) atoms. The molecular formula is C22H30N2O2. The highest BCUT2D eigenvalue weighted by atomic mass is 16.2. The third-order valence-electron chi connectivity index (χ3n) is 6.83. The topological polar surface area (TPSA) is 49.4 Å². The smallest absolute Gasteiger partial charge is 0.226 e. The minimum Gasteiger partial charge on any atom is -0.355 e. The van der Waals surface area contributed by atoms with Crippen molar-refractivity contribution in [1.82, 2.24) is 10.2 Å². The van der Waals surface area contributed by atoms with Crippen LogP contribution < -0.4 is 5.32 Å². The molecule has 0 unspecified atom stereocenters. The Balaban J connectivity index is 1.25. The summed E-state index contributed by atoms with van der Waals surface area (Å²) in [6.07, 6.45) is 7.63. The first kappa shape index (κ1) is 17.6. The SMILES string of the molecule is CN(Cc1ccccc1)C(=O)CCNC(=O)C12CC3CC(CC(C3)C1)C2. The Hall–Kier alpha value is -1.84. The standard InChI is InChI=1S/C22H30N2O2/c1-24(15-16-5-3-2-4-6-16)20(25)7-8-23-21(26)22-12-17-9-18(13-22)11-19(10-17)14-22/h2-6,17-19H,7-15H2,1H3,(H,23,26). The van der Waals surface area contributed by atoms with Crippen molar-refractivity contribution in [3.8, 4) is 0 Å². The zero-order chi connectivity index (χ0) is 18.1. The highest BCUT2D eigenvalue weighted by Crippen LogP contribution is 2.60. The molecule has 140 valence electrons. The van der Waals surface area contributed by atoms with Crippen LogP contribution in [0.2, 0.25) is 0 Å². The van der Waals surface area contributed by atoms with E-state index in [0.717, 1.165) is 42.6 Å². The van der Waals surface area contributed by atoms with Gasteiger partial charge in [0.05, 0.1) is 0 Å². The Morgan fingerprint density at radius 1 is 1.04 bits per heavy atom. The molecule has 1 aromatic carbocycles. The van der Waals surface area contributed by atoms with Crippen molar-refractivity contribution in [3.05, 3.63) is 35.9 Å². The van der Waals surface area contributed by atoms with Gasteiger partial charge in [0.2, 0.25) is 11.8 Å². The normalized spacial score (nSPS) is 31.7. The third-order valence-corrected chi connectivity index (χ3v) is 6.83. The van der Waals surface area contributed by atoms with E-state index in [0.29, 0.717) is 19.5 Å². The average molecular weight is 354 g/mol. The van der Waals surface area contributed by atoms with Gasteiger partial charge in [-0.05, 0) is 61.8 Å². The van der Waals surface area contributed by atoms with Crippen molar-refractivity contribution >= 4 is 11.8 Å². The number of amides is 2. The quantitative estimate of drug-likeness (QED) is 0.851. The molecule has 2 amide bonds. The number of nitrogens with zero attached hydrogens (tertiary/aromatic N) is 1. The average Bonchev–Trinajstić information content (AvgIpc) is 2.61. The second kappa shape index (κ2) is 7.05. The summed E-state index contributed by atoms with van der Waals surface area (Å²) in [5.41, 5.74) is 1.01. The van der Waals surface area contributed by atoms with E-state index in [4.69, 9.17) is 0 Å². The lowest BCUT2D eigenvalue weighted by molar-refractivity contribution is -0.146. The van der Waals surface area contributed by atoms with Crippen LogP contribution in [-0.2, 0) is 16.1 Å². The molecule has 0 heterocycles. The van der Waals surface area contributed by atoms with Crippen LogP contribution in [-0.4, -0.2) is 30.3 Å².